The third-order valence-electron chi connectivity index (χ3n) is 3.03. The van der Waals surface area contributed by atoms with Crippen LogP contribution in [0.4, 0.5) is 10.1 Å². The van der Waals surface area contributed by atoms with E-state index in [2.05, 4.69) is 10.1 Å². The second-order valence-corrected chi connectivity index (χ2v) is 5.03. The molecular weight excluding hydrogens is 291 g/mol. The van der Waals surface area contributed by atoms with Gasteiger partial charge in [-0.25, -0.2) is 14.1 Å². The minimum absolute atomic E-state index is 0.359. The summed E-state index contributed by atoms with van der Waals surface area (Å²) in [5.41, 5.74) is 8.03. The van der Waals surface area contributed by atoms with Crippen LogP contribution in [-0.4, -0.2) is 14.8 Å². The number of nitrogens with two attached hydrogens (primary N) is 1. The lowest BCUT2D eigenvalue weighted by Crippen LogP contribution is -2.01. The lowest BCUT2D eigenvalue weighted by Gasteiger charge is -2.04. The maximum absolute atomic E-state index is 13.0. The van der Waals surface area contributed by atoms with Crippen molar-refractivity contribution in [1.29, 1.82) is 0 Å². The number of anilines is 1. The van der Waals surface area contributed by atoms with Gasteiger partial charge in [0.2, 0.25) is 0 Å². The highest BCUT2D eigenvalue weighted by atomic mass is 35.5. The molecule has 0 radical (unpaired) electrons. The quantitative estimate of drug-likeness (QED) is 0.755. The van der Waals surface area contributed by atoms with E-state index in [-0.39, 0.29) is 5.82 Å². The number of hydrogen-bond donors (Lipinski definition) is 1. The van der Waals surface area contributed by atoms with Crippen molar-refractivity contribution in [3.05, 3.63) is 65.2 Å². The predicted molar refractivity (Wildman–Crippen MR) is 80.4 cm³/mol. The average molecular weight is 303 g/mol. The molecular formula is C15H12ClFN4. The van der Waals surface area contributed by atoms with Gasteiger partial charge in [-0.15, -0.1) is 0 Å². The summed E-state index contributed by atoms with van der Waals surface area (Å²) in [6, 6.07) is 11.6. The van der Waals surface area contributed by atoms with Crippen LogP contribution in [0.3, 0.4) is 0 Å². The highest BCUT2D eigenvalue weighted by Gasteiger charge is 2.07. The third kappa shape index (κ3) is 3.03. The zero-order valence-corrected chi connectivity index (χ0v) is 11.8. The molecule has 1 aromatic heterocycles. The first-order chi connectivity index (χ1) is 10.1. The van der Waals surface area contributed by atoms with Crippen LogP contribution >= 0.6 is 11.6 Å². The molecule has 2 N–H and O–H groups in total. The summed E-state index contributed by atoms with van der Waals surface area (Å²) in [4.78, 5) is 4.25. The number of hydrogen-bond acceptors (Lipinski definition) is 3. The average Bonchev–Trinajstić information content (AvgIpc) is 2.91. The van der Waals surface area contributed by atoms with E-state index in [1.54, 1.807) is 23.1 Å². The molecule has 1 heterocycles. The second kappa shape index (κ2) is 5.54. The maximum Gasteiger partial charge on any atom is 0.181 e. The van der Waals surface area contributed by atoms with Crippen LogP contribution in [0.2, 0.25) is 5.02 Å². The van der Waals surface area contributed by atoms with E-state index in [4.69, 9.17) is 17.3 Å². The van der Waals surface area contributed by atoms with Gasteiger partial charge in [-0.3, -0.25) is 0 Å². The van der Waals surface area contributed by atoms with E-state index in [9.17, 15) is 4.39 Å². The predicted octanol–water partition coefficient (Wildman–Crippen LogP) is 3.37. The Bertz CT molecular complexity index is 785. The van der Waals surface area contributed by atoms with Crippen molar-refractivity contribution in [1.82, 2.24) is 14.8 Å². The molecule has 2 aromatic carbocycles. The van der Waals surface area contributed by atoms with Crippen molar-refractivity contribution in [2.45, 2.75) is 6.54 Å². The Kier molecular flexibility index (Phi) is 3.58. The Labute approximate surface area is 126 Å². The fourth-order valence-electron chi connectivity index (χ4n) is 2.01. The molecule has 0 aliphatic rings. The van der Waals surface area contributed by atoms with Crippen molar-refractivity contribution in [3.63, 3.8) is 0 Å². The van der Waals surface area contributed by atoms with Gasteiger partial charge in [0.15, 0.2) is 5.82 Å². The minimum Gasteiger partial charge on any atom is -0.399 e. The first kappa shape index (κ1) is 13.6. The fraction of sp³-hybridized carbons (Fsp3) is 0.0667. The summed E-state index contributed by atoms with van der Waals surface area (Å²) in [5, 5.41) is 4.75. The Morgan fingerprint density at radius 1 is 1.19 bits per heavy atom. The molecule has 6 heteroatoms. The van der Waals surface area contributed by atoms with Crippen molar-refractivity contribution >= 4 is 17.3 Å². The lowest BCUT2D eigenvalue weighted by molar-refractivity contribution is 0.624. The van der Waals surface area contributed by atoms with E-state index in [0.717, 1.165) is 11.1 Å². The van der Waals surface area contributed by atoms with Crippen molar-refractivity contribution in [2.75, 3.05) is 5.73 Å². The smallest absolute Gasteiger partial charge is 0.181 e. The molecule has 0 fully saturated rings. The molecule has 3 aromatic rings. The largest absolute Gasteiger partial charge is 0.399 e. The molecule has 3 rings (SSSR count). The molecule has 21 heavy (non-hydrogen) atoms. The number of nitrogen functional groups attached to an aromatic ring is 1. The van der Waals surface area contributed by atoms with Crippen LogP contribution in [0.1, 0.15) is 5.56 Å². The topological polar surface area (TPSA) is 56.7 Å². The van der Waals surface area contributed by atoms with Gasteiger partial charge >= 0.3 is 0 Å². The van der Waals surface area contributed by atoms with Crippen LogP contribution in [0.5, 0.6) is 0 Å². The highest BCUT2D eigenvalue weighted by Crippen LogP contribution is 2.20. The van der Waals surface area contributed by atoms with Gasteiger partial charge in [0.25, 0.3) is 0 Å². The van der Waals surface area contributed by atoms with Crippen LogP contribution in [0.25, 0.3) is 11.4 Å². The maximum atomic E-state index is 13.0. The van der Waals surface area contributed by atoms with E-state index < -0.39 is 0 Å². The first-order valence-electron chi connectivity index (χ1n) is 6.31. The SMILES string of the molecule is Nc1cccc(-c2ncn(Cc3ccc(F)cc3Cl)n2)c1. The molecule has 0 saturated carbocycles. The van der Waals surface area contributed by atoms with Crippen molar-refractivity contribution < 1.29 is 4.39 Å². The third-order valence-corrected chi connectivity index (χ3v) is 3.38. The van der Waals surface area contributed by atoms with E-state index in [1.807, 2.05) is 18.2 Å². The van der Waals surface area contributed by atoms with Crippen LogP contribution in [0, 0.1) is 5.82 Å². The monoisotopic (exact) mass is 302 g/mol. The van der Waals surface area contributed by atoms with Gasteiger partial charge in [-0.05, 0) is 29.8 Å². The minimum atomic E-state index is -0.359. The Morgan fingerprint density at radius 3 is 2.81 bits per heavy atom. The number of aromatic nitrogens is 3. The molecule has 0 aliphatic heterocycles. The molecule has 106 valence electrons. The second-order valence-electron chi connectivity index (χ2n) is 4.63. The van der Waals surface area contributed by atoms with Gasteiger partial charge in [0, 0.05) is 16.3 Å². The van der Waals surface area contributed by atoms with Crippen molar-refractivity contribution in [3.8, 4) is 11.4 Å². The van der Waals surface area contributed by atoms with E-state index >= 15 is 0 Å². The number of benzene rings is 2. The highest BCUT2D eigenvalue weighted by molar-refractivity contribution is 6.31. The summed E-state index contributed by atoms with van der Waals surface area (Å²) in [7, 11) is 0. The van der Waals surface area contributed by atoms with Gasteiger partial charge < -0.3 is 5.73 Å². The van der Waals surface area contributed by atoms with Crippen LogP contribution in [0.15, 0.2) is 48.8 Å². The van der Waals surface area contributed by atoms with E-state index in [1.165, 1.54) is 12.1 Å². The van der Waals surface area contributed by atoms with Gasteiger partial charge in [-0.1, -0.05) is 29.8 Å². The lowest BCUT2D eigenvalue weighted by atomic mass is 10.2. The van der Waals surface area contributed by atoms with E-state index in [0.29, 0.717) is 23.1 Å². The number of halogens is 2. The molecule has 0 spiro atoms. The molecule has 4 nitrogen and oxygen atoms in total. The zero-order chi connectivity index (χ0) is 14.8. The molecule has 0 bridgehead atoms. The summed E-state index contributed by atoms with van der Waals surface area (Å²) >= 11 is 6.01. The summed E-state index contributed by atoms with van der Waals surface area (Å²) in [5.74, 6) is 0.225. The summed E-state index contributed by atoms with van der Waals surface area (Å²) in [6.45, 7) is 0.425. The molecule has 0 amide bonds. The summed E-state index contributed by atoms with van der Waals surface area (Å²) in [6.07, 6.45) is 1.61. The first-order valence-corrected chi connectivity index (χ1v) is 6.69. The van der Waals surface area contributed by atoms with Gasteiger partial charge in [-0.2, -0.15) is 5.10 Å². The molecule has 0 saturated heterocycles. The van der Waals surface area contributed by atoms with Crippen LogP contribution < -0.4 is 5.73 Å². The molecule has 0 unspecified atom stereocenters. The standard InChI is InChI=1S/C15H12ClFN4/c16-14-7-12(17)5-4-11(14)8-21-9-19-15(20-21)10-2-1-3-13(18)6-10/h1-7,9H,8,18H2. The Balaban J connectivity index is 1.85. The molecule has 0 atom stereocenters. The van der Waals surface area contributed by atoms with Gasteiger partial charge in [0.05, 0.1) is 6.54 Å². The summed E-state index contributed by atoms with van der Waals surface area (Å²) < 4.78 is 14.7. The Morgan fingerprint density at radius 2 is 2.05 bits per heavy atom. The fourth-order valence-corrected chi connectivity index (χ4v) is 2.23. The Hall–Kier alpha value is -2.40. The number of nitrogens with zero attached hydrogens (tertiary/aromatic N) is 3. The van der Waals surface area contributed by atoms with Crippen molar-refractivity contribution in [2.24, 2.45) is 0 Å². The molecule has 0 aliphatic carbocycles. The van der Waals surface area contributed by atoms with Gasteiger partial charge in [0.1, 0.15) is 12.1 Å². The number of rotatable bonds is 3. The van der Waals surface area contributed by atoms with Crippen LogP contribution in [-0.2, 0) is 6.54 Å². The zero-order valence-electron chi connectivity index (χ0n) is 11.0. The normalized spacial score (nSPS) is 10.8.